The van der Waals surface area contributed by atoms with Gasteiger partial charge >= 0.3 is 0 Å². The van der Waals surface area contributed by atoms with Crippen molar-refractivity contribution in [3.63, 3.8) is 0 Å². The molecule has 0 fully saturated rings. The van der Waals surface area contributed by atoms with Gasteiger partial charge in [-0.1, -0.05) is 0 Å². The van der Waals surface area contributed by atoms with Crippen molar-refractivity contribution >= 4 is 0 Å². The molecule has 0 aliphatic rings. The van der Waals surface area contributed by atoms with Crippen molar-refractivity contribution in [1.82, 2.24) is 0 Å². The molecule has 0 amide bonds. The van der Waals surface area contributed by atoms with Crippen LogP contribution in [0.3, 0.4) is 0 Å². The van der Waals surface area contributed by atoms with E-state index in [4.69, 9.17) is 0 Å². The van der Waals surface area contributed by atoms with E-state index in [-0.39, 0.29) is 12.2 Å². The zero-order valence-electron chi connectivity index (χ0n) is 10.7. The van der Waals surface area contributed by atoms with Crippen molar-refractivity contribution in [2.75, 3.05) is 26.2 Å². The fraction of sp³-hybridized carbons (Fsp3) is 1.00. The molecule has 0 aromatic carbocycles. The third-order valence-electron chi connectivity index (χ3n) is 3.38. The van der Waals surface area contributed by atoms with Gasteiger partial charge in [0.05, 0.1) is 38.4 Å². The Balaban J connectivity index is 4.17. The first-order valence-corrected chi connectivity index (χ1v) is 6.17. The van der Waals surface area contributed by atoms with Crippen LogP contribution >= 0.6 is 0 Å². The summed E-state index contributed by atoms with van der Waals surface area (Å²) in [4.78, 5) is 0. The molecule has 0 rings (SSSR count). The summed E-state index contributed by atoms with van der Waals surface area (Å²) >= 11 is 0. The molecule has 15 heavy (non-hydrogen) atoms. The maximum Gasteiger partial charge on any atom is 0.0811 e. The van der Waals surface area contributed by atoms with E-state index in [1.807, 2.05) is 13.8 Å². The summed E-state index contributed by atoms with van der Waals surface area (Å²) in [6.07, 6.45) is 1.27. The van der Waals surface area contributed by atoms with Gasteiger partial charge in [0.1, 0.15) is 0 Å². The summed E-state index contributed by atoms with van der Waals surface area (Å²) in [5.74, 6) is 0. The van der Waals surface area contributed by atoms with Gasteiger partial charge in [-0.3, -0.25) is 0 Å². The molecular formula is C12H28NO2+. The Bertz CT molecular complexity index is 140. The van der Waals surface area contributed by atoms with Gasteiger partial charge in [0.15, 0.2) is 0 Å². The number of rotatable bonds is 8. The van der Waals surface area contributed by atoms with E-state index in [0.29, 0.717) is 0 Å². The van der Waals surface area contributed by atoms with E-state index >= 15 is 0 Å². The predicted octanol–water partition coefficient (Wildman–Crippen LogP) is 1.38. The number of nitrogens with zero attached hydrogens (tertiary/aromatic N) is 1. The van der Waals surface area contributed by atoms with E-state index in [1.54, 1.807) is 0 Å². The molecule has 0 saturated carbocycles. The maximum atomic E-state index is 9.32. The van der Waals surface area contributed by atoms with Gasteiger partial charge in [-0.05, 0) is 27.7 Å². The van der Waals surface area contributed by atoms with Gasteiger partial charge in [-0.2, -0.15) is 0 Å². The highest BCUT2D eigenvalue weighted by molar-refractivity contribution is 4.51. The van der Waals surface area contributed by atoms with Crippen molar-refractivity contribution in [2.24, 2.45) is 0 Å². The average molecular weight is 218 g/mol. The van der Waals surface area contributed by atoms with E-state index in [2.05, 4.69) is 13.8 Å². The first-order valence-electron chi connectivity index (χ1n) is 6.17. The summed E-state index contributed by atoms with van der Waals surface area (Å²) < 4.78 is 1.01. The maximum absolute atomic E-state index is 9.32. The van der Waals surface area contributed by atoms with Crippen LogP contribution in [0.4, 0.5) is 0 Å². The molecular weight excluding hydrogens is 190 g/mol. The number of hydrogen-bond donors (Lipinski definition) is 2. The zero-order chi connectivity index (χ0) is 11.9. The van der Waals surface area contributed by atoms with E-state index in [0.717, 1.165) is 43.5 Å². The monoisotopic (exact) mass is 218 g/mol. The van der Waals surface area contributed by atoms with Crippen LogP contribution in [0.15, 0.2) is 0 Å². The van der Waals surface area contributed by atoms with E-state index in [1.165, 1.54) is 0 Å². The van der Waals surface area contributed by atoms with Crippen molar-refractivity contribution in [1.29, 1.82) is 0 Å². The molecule has 0 bridgehead atoms. The molecule has 92 valence electrons. The number of hydrogen-bond acceptors (Lipinski definition) is 2. The quantitative estimate of drug-likeness (QED) is 0.604. The normalized spacial score (nSPS) is 16.4. The fourth-order valence-corrected chi connectivity index (χ4v) is 1.89. The minimum Gasteiger partial charge on any atom is -0.393 e. The van der Waals surface area contributed by atoms with Crippen LogP contribution in [0, 0.1) is 0 Å². The Kier molecular flexibility index (Phi) is 7.14. The Morgan fingerprint density at radius 2 is 1.20 bits per heavy atom. The van der Waals surface area contributed by atoms with Crippen LogP contribution in [0.5, 0.6) is 0 Å². The number of aliphatic hydroxyl groups is 2. The van der Waals surface area contributed by atoms with Crippen LogP contribution in [-0.2, 0) is 0 Å². The third kappa shape index (κ3) is 6.13. The topological polar surface area (TPSA) is 40.5 Å². The Labute approximate surface area is 94.3 Å². The number of aliphatic hydroxyl groups excluding tert-OH is 2. The molecule has 0 aromatic rings. The lowest BCUT2D eigenvalue weighted by molar-refractivity contribution is -0.925. The second-order valence-electron chi connectivity index (χ2n) is 4.70. The first-order chi connectivity index (χ1) is 6.95. The van der Waals surface area contributed by atoms with Crippen molar-refractivity contribution in [2.45, 2.75) is 52.7 Å². The second kappa shape index (κ2) is 7.20. The molecule has 0 aliphatic carbocycles. The molecule has 3 nitrogen and oxygen atoms in total. The van der Waals surface area contributed by atoms with Crippen LogP contribution in [0.1, 0.15) is 40.5 Å². The summed E-state index contributed by atoms with van der Waals surface area (Å²) in [6, 6.07) is 0. The van der Waals surface area contributed by atoms with Crippen molar-refractivity contribution in [3.05, 3.63) is 0 Å². The molecule has 0 heterocycles. The minimum absolute atomic E-state index is 0.216. The molecule has 3 heteroatoms. The van der Waals surface area contributed by atoms with Gasteiger partial charge in [0.2, 0.25) is 0 Å². The molecule has 0 aliphatic heterocycles. The Morgan fingerprint density at radius 1 is 0.867 bits per heavy atom. The molecule has 2 N–H and O–H groups in total. The smallest absolute Gasteiger partial charge is 0.0811 e. The highest BCUT2D eigenvalue weighted by Crippen LogP contribution is 2.11. The third-order valence-corrected chi connectivity index (χ3v) is 3.38. The molecule has 0 radical (unpaired) electrons. The molecule has 0 saturated heterocycles. The van der Waals surface area contributed by atoms with E-state index < -0.39 is 0 Å². The molecule has 2 atom stereocenters. The van der Waals surface area contributed by atoms with Gasteiger partial charge in [-0.15, -0.1) is 0 Å². The van der Waals surface area contributed by atoms with Gasteiger partial charge < -0.3 is 14.7 Å². The minimum atomic E-state index is -0.216. The van der Waals surface area contributed by atoms with Crippen molar-refractivity contribution in [3.8, 4) is 0 Å². The van der Waals surface area contributed by atoms with Gasteiger partial charge in [-0.25, -0.2) is 0 Å². The Hall–Kier alpha value is -0.120. The van der Waals surface area contributed by atoms with Crippen LogP contribution in [0.2, 0.25) is 0 Å². The highest BCUT2D eigenvalue weighted by Gasteiger charge is 2.23. The number of quaternary nitrogens is 1. The molecule has 0 spiro atoms. The second-order valence-corrected chi connectivity index (χ2v) is 4.70. The standard InChI is InChI=1S/C12H28NO2/c1-5-13(6-2,9-7-11(3)14)10-8-12(4)15/h11-12,14-15H,5-10H2,1-4H3/q+1. The van der Waals surface area contributed by atoms with Gasteiger partial charge in [0.25, 0.3) is 0 Å². The van der Waals surface area contributed by atoms with Crippen LogP contribution < -0.4 is 0 Å². The lowest BCUT2D eigenvalue weighted by Crippen LogP contribution is -2.50. The van der Waals surface area contributed by atoms with Crippen LogP contribution in [-0.4, -0.2) is 53.1 Å². The largest absolute Gasteiger partial charge is 0.393 e. The molecule has 0 aromatic heterocycles. The summed E-state index contributed by atoms with van der Waals surface area (Å²) in [6.45, 7) is 12.2. The first kappa shape index (κ1) is 14.9. The fourth-order valence-electron chi connectivity index (χ4n) is 1.89. The summed E-state index contributed by atoms with van der Waals surface area (Å²) in [5.41, 5.74) is 0. The van der Waals surface area contributed by atoms with E-state index in [9.17, 15) is 10.2 Å². The molecule has 2 unspecified atom stereocenters. The lowest BCUT2D eigenvalue weighted by atomic mass is 10.2. The predicted molar refractivity (Wildman–Crippen MR) is 63.7 cm³/mol. The highest BCUT2D eigenvalue weighted by atomic mass is 16.3. The SMILES string of the molecule is CC[N+](CC)(CCC(C)O)CCC(C)O. The Morgan fingerprint density at radius 3 is 1.40 bits per heavy atom. The van der Waals surface area contributed by atoms with Crippen molar-refractivity contribution < 1.29 is 14.7 Å². The van der Waals surface area contributed by atoms with Crippen LogP contribution in [0.25, 0.3) is 0 Å². The summed E-state index contributed by atoms with van der Waals surface area (Å²) in [5, 5.41) is 18.6. The lowest BCUT2D eigenvalue weighted by Gasteiger charge is -2.37. The zero-order valence-corrected chi connectivity index (χ0v) is 10.7. The average Bonchev–Trinajstić information content (AvgIpc) is 2.19. The van der Waals surface area contributed by atoms with Gasteiger partial charge in [0, 0.05) is 12.8 Å². The summed E-state index contributed by atoms with van der Waals surface area (Å²) in [7, 11) is 0.